The van der Waals surface area contributed by atoms with Crippen molar-refractivity contribution in [1.82, 2.24) is 9.55 Å². The maximum atomic E-state index is 13.2. The van der Waals surface area contributed by atoms with E-state index in [-0.39, 0.29) is 22.3 Å². The van der Waals surface area contributed by atoms with Gasteiger partial charge in [-0.1, -0.05) is 70.6 Å². The molecule has 11 heteroatoms. The molecule has 1 N–H and O–H groups in total. The summed E-state index contributed by atoms with van der Waals surface area (Å²) in [5, 5.41) is 0.784. The minimum absolute atomic E-state index is 0.00567. The van der Waals surface area contributed by atoms with E-state index in [1.54, 1.807) is 10.6 Å². The van der Waals surface area contributed by atoms with Crippen LogP contribution in [0.4, 0.5) is 0 Å². The first-order valence-corrected chi connectivity index (χ1v) is 22.8. The maximum absolute atomic E-state index is 13.2. The molecule has 1 aliphatic heterocycles. The van der Waals surface area contributed by atoms with Crippen molar-refractivity contribution in [3.8, 4) is 0 Å². The minimum atomic E-state index is -2.18. The summed E-state index contributed by atoms with van der Waals surface area (Å²) >= 11 is 3.61. The van der Waals surface area contributed by atoms with E-state index in [1.807, 2.05) is 6.92 Å². The second-order valence-corrected chi connectivity index (χ2v) is 29.5. The predicted molar refractivity (Wildman–Crippen MR) is 161 cm³/mol. The van der Waals surface area contributed by atoms with Crippen molar-refractivity contribution in [2.45, 2.75) is 110 Å². The van der Waals surface area contributed by atoms with Gasteiger partial charge in [-0.2, -0.15) is 0 Å². The van der Waals surface area contributed by atoms with Gasteiger partial charge in [0, 0.05) is 21.9 Å². The van der Waals surface area contributed by atoms with E-state index < -0.39 is 36.0 Å². The lowest BCUT2D eigenvalue weighted by atomic mass is 10.1. The van der Waals surface area contributed by atoms with Gasteiger partial charge in [-0.25, -0.2) is 9.36 Å². The van der Waals surface area contributed by atoms with Crippen LogP contribution in [0.25, 0.3) is 5.88 Å². The van der Waals surface area contributed by atoms with Gasteiger partial charge in [0.15, 0.2) is 22.7 Å². The fourth-order valence-electron chi connectivity index (χ4n) is 3.48. The van der Waals surface area contributed by atoms with Crippen LogP contribution in [0, 0.1) is 0 Å². The molecule has 0 aliphatic carbocycles. The average molecular weight is 620 g/mol. The Morgan fingerprint density at radius 1 is 1.00 bits per heavy atom. The molecule has 206 valence electrons. The molecule has 0 saturated carbocycles. The molecule has 1 aromatic heterocycles. The van der Waals surface area contributed by atoms with Gasteiger partial charge in [0.2, 0.25) is 5.88 Å². The average Bonchev–Trinajstić information content (AvgIpc) is 2.99. The first-order chi connectivity index (χ1) is 16.1. The van der Waals surface area contributed by atoms with E-state index >= 15 is 0 Å². The molecule has 0 unspecified atom stereocenters. The van der Waals surface area contributed by atoms with Gasteiger partial charge in [-0.3, -0.25) is 9.78 Å². The molecule has 0 fully saturated rings. The van der Waals surface area contributed by atoms with Gasteiger partial charge in [-0.15, -0.1) is 0 Å². The number of aromatic nitrogens is 2. The fourth-order valence-corrected chi connectivity index (χ4v) is 8.14. The van der Waals surface area contributed by atoms with Gasteiger partial charge in [-0.05, 0) is 43.2 Å². The van der Waals surface area contributed by atoms with E-state index in [0.717, 1.165) is 10.9 Å². The number of hydrogen-bond acceptors (Lipinski definition) is 5. The molecule has 2 atom stereocenters. The van der Waals surface area contributed by atoms with Crippen molar-refractivity contribution in [1.29, 1.82) is 0 Å². The zero-order valence-corrected chi connectivity index (χ0v) is 29.1. The van der Waals surface area contributed by atoms with Crippen LogP contribution in [0.15, 0.2) is 21.2 Å². The Hall–Kier alpha value is -0.729. The molecule has 0 spiro atoms. The summed E-state index contributed by atoms with van der Waals surface area (Å²) in [6, 6.07) is 1.54. The molecule has 0 bridgehead atoms. The molecule has 7 nitrogen and oxygen atoms in total. The number of hydrogen-bond donors (Lipinski definition) is 1. The molecule has 36 heavy (non-hydrogen) atoms. The third-order valence-electron chi connectivity index (χ3n) is 8.18. The zero-order chi connectivity index (χ0) is 28.1. The van der Waals surface area contributed by atoms with Crippen LogP contribution >= 0.6 is 15.9 Å². The smallest absolute Gasteiger partial charge is 0.335 e. The summed E-state index contributed by atoms with van der Waals surface area (Å²) in [6.07, 6.45) is -0.727. The summed E-state index contributed by atoms with van der Waals surface area (Å²) in [4.78, 5) is 28.7. The number of nitrogens with one attached hydrogen (secondary N) is 1. The number of aromatic amines is 1. The zero-order valence-electron chi connectivity index (χ0n) is 24.5. The van der Waals surface area contributed by atoms with Crippen LogP contribution < -0.4 is 16.6 Å². The van der Waals surface area contributed by atoms with Crippen molar-refractivity contribution in [3.63, 3.8) is 0 Å². The van der Waals surface area contributed by atoms with Crippen LogP contribution in [-0.4, -0.2) is 58.0 Å². The van der Waals surface area contributed by atoms with E-state index in [4.69, 9.17) is 13.6 Å². The predicted octanol–water partition coefficient (Wildman–Crippen LogP) is 5.39. The topological polar surface area (TPSA) is 82.6 Å². The monoisotopic (exact) mass is 618 g/mol. The van der Waals surface area contributed by atoms with Crippen molar-refractivity contribution in [2.24, 2.45) is 0 Å². The number of nitrogens with zero attached hydrogens (tertiary/aromatic N) is 1. The summed E-state index contributed by atoms with van der Waals surface area (Å²) in [7, 11) is -6.38. The molecular formula is C25H47BrN2O5Si3. The lowest BCUT2D eigenvalue weighted by Gasteiger charge is -2.41. The summed E-state index contributed by atoms with van der Waals surface area (Å²) < 4.78 is 21.6. The molecule has 1 aromatic rings. The highest BCUT2D eigenvalue weighted by Gasteiger charge is 2.47. The molecule has 2 rings (SSSR count). The van der Waals surface area contributed by atoms with E-state index in [1.165, 1.54) is 0 Å². The van der Waals surface area contributed by atoms with Gasteiger partial charge < -0.3 is 13.6 Å². The third-order valence-corrected chi connectivity index (χ3v) is 23.8. The van der Waals surface area contributed by atoms with E-state index in [9.17, 15) is 9.59 Å². The van der Waals surface area contributed by atoms with Gasteiger partial charge in [0.25, 0.3) is 5.56 Å². The quantitative estimate of drug-likeness (QED) is 0.312. The number of halogens is 1. The van der Waals surface area contributed by atoms with Gasteiger partial charge in [0.1, 0.15) is 14.2 Å². The highest BCUT2D eigenvalue weighted by molar-refractivity contribution is 9.09. The number of rotatable bonds is 8. The van der Waals surface area contributed by atoms with Crippen LogP contribution in [0.2, 0.25) is 49.4 Å². The number of H-pyrrole nitrogens is 1. The van der Waals surface area contributed by atoms with E-state index in [0.29, 0.717) is 17.4 Å². The SMILES string of the molecule is CC1=C(n2c([Si](C)(C)CBr)cc(=O)[nH]c2=O)O[C@H](CO[Si](C)(C)C(C)(C)C)[C@H]1O[Si](C)(C)C(C)(C)C. The lowest BCUT2D eigenvalue weighted by Crippen LogP contribution is -2.55. The van der Waals surface area contributed by atoms with Crippen LogP contribution in [0.5, 0.6) is 0 Å². The van der Waals surface area contributed by atoms with E-state index in [2.05, 4.69) is 102 Å². The Morgan fingerprint density at radius 2 is 1.53 bits per heavy atom. The van der Waals surface area contributed by atoms with Crippen LogP contribution in [0.1, 0.15) is 48.5 Å². The second-order valence-electron chi connectivity index (χ2n) is 13.7. The molecule has 0 aromatic carbocycles. The summed E-state index contributed by atoms with van der Waals surface area (Å²) in [6.45, 7) is 28.8. The standard InChI is InChI=1S/C25H47BrN2O5Si3/c1-17-21(33-36(12,13)25(5,6)7)18(15-31-35(10,11)24(2,3)4)32-22(17)28-20(34(8,9)16-26)14-19(29)27-23(28)30/h14,18,21H,15-16H2,1-13H3,(H,27,29,30)/t18-,21+/m1/s1. The highest BCUT2D eigenvalue weighted by atomic mass is 79.9. The van der Waals surface area contributed by atoms with Gasteiger partial charge >= 0.3 is 5.69 Å². The molecule has 0 saturated heterocycles. The molecule has 0 radical (unpaired) electrons. The van der Waals surface area contributed by atoms with Crippen molar-refractivity contribution < 1.29 is 13.6 Å². The summed E-state index contributed by atoms with van der Waals surface area (Å²) in [5.74, 6) is 0.459. The molecular weight excluding hydrogens is 572 g/mol. The first kappa shape index (κ1) is 31.5. The lowest BCUT2D eigenvalue weighted by molar-refractivity contribution is 0.0317. The molecule has 1 aliphatic rings. The number of alkyl halides is 1. The maximum Gasteiger partial charge on any atom is 0.335 e. The number of ether oxygens (including phenoxy) is 1. The van der Waals surface area contributed by atoms with Crippen molar-refractivity contribution >= 4 is 51.8 Å². The minimum Gasteiger partial charge on any atom is -0.470 e. The Balaban J connectivity index is 2.65. The van der Waals surface area contributed by atoms with Crippen molar-refractivity contribution in [2.75, 3.05) is 11.6 Å². The third kappa shape index (κ3) is 6.45. The van der Waals surface area contributed by atoms with Gasteiger partial charge in [0.05, 0.1) is 6.61 Å². The Kier molecular flexibility index (Phi) is 9.13. The Bertz CT molecular complexity index is 1110. The summed E-state index contributed by atoms with van der Waals surface area (Å²) in [5.41, 5.74) is -0.0141. The van der Waals surface area contributed by atoms with Crippen LogP contribution in [0.3, 0.4) is 0 Å². The Morgan fingerprint density at radius 3 is 2.00 bits per heavy atom. The normalized spacial score (nSPS) is 20.2. The highest BCUT2D eigenvalue weighted by Crippen LogP contribution is 2.42. The van der Waals surface area contributed by atoms with Crippen molar-refractivity contribution in [3.05, 3.63) is 32.5 Å². The van der Waals surface area contributed by atoms with Crippen LogP contribution in [-0.2, 0) is 13.6 Å². The molecule has 2 heterocycles. The largest absolute Gasteiger partial charge is 0.470 e. The first-order valence-electron chi connectivity index (χ1n) is 12.7. The molecule has 0 amide bonds. The Labute approximate surface area is 228 Å². The fraction of sp³-hybridized carbons (Fsp3) is 0.760. The second kappa shape index (κ2) is 10.4.